The Balaban J connectivity index is 0.639. The van der Waals surface area contributed by atoms with Crippen LogP contribution < -0.4 is 74.9 Å². The molecule has 11 rings (SSSR count). The van der Waals surface area contributed by atoms with Gasteiger partial charge in [-0.15, -0.1) is 0 Å². The predicted molar refractivity (Wildman–Crippen MR) is 467 cm³/mol. The number of halogens is 1. The van der Waals surface area contributed by atoms with Gasteiger partial charge < -0.3 is 98.5 Å². The van der Waals surface area contributed by atoms with E-state index in [9.17, 15) is 75.9 Å². The average molecular weight is 1790 g/mol. The highest BCUT2D eigenvalue weighted by Crippen LogP contribution is 2.47. The van der Waals surface area contributed by atoms with Crippen molar-refractivity contribution in [1.82, 2.24) is 71.4 Å². The molecule has 4 aliphatic rings. The number of urea groups is 3. The lowest BCUT2D eigenvalue weighted by molar-refractivity contribution is -0.191. The summed E-state index contributed by atoms with van der Waals surface area (Å²) in [5, 5.41) is 37.3. The number of primary amides is 2. The molecule has 1 aliphatic carbocycles. The second-order valence-electron chi connectivity index (χ2n) is 32.5. The van der Waals surface area contributed by atoms with Gasteiger partial charge in [0.1, 0.15) is 36.6 Å². The van der Waals surface area contributed by atoms with Crippen molar-refractivity contribution < 1.29 is 89.7 Å². The summed E-state index contributed by atoms with van der Waals surface area (Å²) in [6, 6.07) is 14.2. The Morgan fingerprint density at radius 3 is 2.00 bits per heavy atom. The van der Waals surface area contributed by atoms with Crippen molar-refractivity contribution in [2.24, 2.45) is 17.4 Å². The van der Waals surface area contributed by atoms with Crippen molar-refractivity contribution in [2.45, 2.75) is 159 Å². The van der Waals surface area contributed by atoms with Crippen molar-refractivity contribution in [2.75, 3.05) is 101 Å². The van der Waals surface area contributed by atoms with E-state index in [1.54, 1.807) is 57.0 Å². The van der Waals surface area contributed by atoms with E-state index in [4.69, 9.17) is 25.9 Å². The van der Waals surface area contributed by atoms with Crippen LogP contribution in [-0.2, 0) is 99.0 Å². The van der Waals surface area contributed by atoms with E-state index in [-0.39, 0.29) is 108 Å². The largest absolute Gasteiger partial charge is 0.481 e. The molecule has 7 atom stereocenters. The van der Waals surface area contributed by atoms with E-state index in [1.807, 2.05) is 30.8 Å². The van der Waals surface area contributed by atoms with Gasteiger partial charge in [0.15, 0.2) is 0 Å². The smallest absolute Gasteiger partial charge is 0.355 e. The molecule has 0 radical (unpaired) electrons. The van der Waals surface area contributed by atoms with E-state index < -0.39 is 172 Å². The molecule has 1 saturated heterocycles. The first-order valence-corrected chi connectivity index (χ1v) is 43.5. The number of hydrogen-bond acceptors (Lipinski definition) is 23. The standard InChI is InChI=1S/C87H107FN20O19S/c1-9-27-92-84(121)96-54-15-12-17-56(39-54)128(124,125)103-55-16-11-14-51(38-55)63(44-73(113)114)101-86(123)95-53-21-19-52(20-22-53)94-85(122)93-30-32-104(6)33-34-105(7)35-36-106(8)46-72(112)98-66(43-70(90)110)81(118)107-31-13-18-67(107)79(116)102-76(48(3)4)82(119)127-87(10-2)60-40-68-77-58(45-108(68)80(117)59(60)47-126-83(87)120)75-62(24-23-57-49(5)61(88)41-64(99-77)74(57)75)100-78(115)65(42-69(89)109)97-71(111)37-50-25-28-91-29-26-50/h11-12,14-17,19-22,25-26,28-29,38-41,48,62-63,65-67,76,103H,9-10,13,18,23-24,27,30-37,42-47H2,1-8H3,(H2,89,109)(H2,90,110)(H,97,111)(H,98,112)(H,100,115)(H,102,116)(H,113,114)(H2,92,96,121)(H2,93,94,122)(H2,95,101,123). The van der Waals surface area contributed by atoms with E-state index in [0.29, 0.717) is 96.7 Å². The number of cyclic esters (lactones) is 1. The number of rotatable bonds is 40. The highest BCUT2D eigenvalue weighted by atomic mass is 32.2. The van der Waals surface area contributed by atoms with Gasteiger partial charge in [-0.3, -0.25) is 57.8 Å². The average Bonchev–Trinajstić information content (AvgIpc) is 1.56. The maximum absolute atomic E-state index is 16.0. The summed E-state index contributed by atoms with van der Waals surface area (Å²) in [5.74, 6) is -9.98. The number of carboxylic acids is 1. The van der Waals surface area contributed by atoms with Gasteiger partial charge in [0, 0.05) is 110 Å². The number of nitrogens with zero attached hydrogens (tertiary/aromatic N) is 7. The molecule has 16 N–H and O–H groups in total. The molecule has 0 spiro atoms. The normalized spacial score (nSPS) is 16.4. The molecule has 7 aromatic rings. The number of anilines is 4. The number of aliphatic carboxylic acids is 1. The number of nitrogens with two attached hydrogens (primary N) is 2. The summed E-state index contributed by atoms with van der Waals surface area (Å²) >= 11 is 0. The second kappa shape index (κ2) is 42.2. The van der Waals surface area contributed by atoms with Crippen LogP contribution in [0.5, 0.6) is 0 Å². The molecule has 128 heavy (non-hydrogen) atoms. The van der Waals surface area contributed by atoms with Crippen LogP contribution in [0.15, 0.2) is 119 Å². The molecule has 0 saturated carbocycles. The third-order valence-corrected chi connectivity index (χ3v) is 24.1. The molecule has 682 valence electrons. The fraction of sp³-hybridized carbons (Fsp3) is 0.425. The van der Waals surface area contributed by atoms with Gasteiger partial charge in [-0.1, -0.05) is 45.9 Å². The summed E-state index contributed by atoms with van der Waals surface area (Å²) < 4.78 is 58.6. The maximum Gasteiger partial charge on any atom is 0.355 e. The first kappa shape index (κ1) is 95.1. The second-order valence-corrected chi connectivity index (χ2v) is 34.2. The molecule has 3 aromatic heterocycles. The number of hydrogen-bond donors (Lipinski definition) is 14. The van der Waals surface area contributed by atoms with Gasteiger partial charge in [-0.2, -0.15) is 0 Å². The lowest BCUT2D eigenvalue weighted by Crippen LogP contribution is -2.58. The number of carbonyl (C=O) groups is 13. The van der Waals surface area contributed by atoms with Crippen molar-refractivity contribution in [3.63, 3.8) is 0 Å². The molecule has 39 nitrogen and oxygen atoms in total. The molecule has 7 unspecified atom stereocenters. The Bertz CT molecular complexity index is 5610. The Labute approximate surface area is 736 Å². The number of fused-ring (bicyclic) bond motifs is 5. The van der Waals surface area contributed by atoms with Crippen molar-refractivity contribution in [1.29, 1.82) is 0 Å². The van der Waals surface area contributed by atoms with Crippen LogP contribution in [0.3, 0.4) is 0 Å². The van der Waals surface area contributed by atoms with Crippen LogP contribution in [0.2, 0.25) is 0 Å². The van der Waals surface area contributed by atoms with E-state index in [0.717, 1.165) is 0 Å². The highest BCUT2D eigenvalue weighted by molar-refractivity contribution is 7.92. The van der Waals surface area contributed by atoms with Crippen LogP contribution >= 0.6 is 0 Å². The third-order valence-electron chi connectivity index (χ3n) is 22.7. The molecule has 13 amide bonds. The number of carbonyl (C=O) groups excluding carboxylic acids is 12. The van der Waals surface area contributed by atoms with Gasteiger partial charge >= 0.3 is 36.0 Å². The van der Waals surface area contributed by atoms with Crippen LogP contribution in [0.1, 0.15) is 136 Å². The molecule has 41 heteroatoms. The van der Waals surface area contributed by atoms with Gasteiger partial charge in [-0.05, 0) is 173 Å². The molecule has 4 aromatic carbocycles. The molecular formula is C87H107FN20O19S. The van der Waals surface area contributed by atoms with Gasteiger partial charge in [0.25, 0.3) is 15.6 Å². The lowest BCUT2D eigenvalue weighted by Gasteiger charge is -2.37. The Hall–Kier alpha value is -13.5. The summed E-state index contributed by atoms with van der Waals surface area (Å²) in [7, 11) is 1.25. The zero-order valence-electron chi connectivity index (χ0n) is 72.2. The van der Waals surface area contributed by atoms with Gasteiger partial charge in [-0.25, -0.2) is 41.8 Å². The number of likely N-dealkylation sites (tertiary alicyclic amines) is 1. The molecule has 3 aliphatic heterocycles. The predicted octanol–water partition coefficient (Wildman–Crippen LogP) is 3.96. The van der Waals surface area contributed by atoms with Crippen molar-refractivity contribution in [3.05, 3.63) is 170 Å². The quantitative estimate of drug-likeness (QED) is 0.0242. The summed E-state index contributed by atoms with van der Waals surface area (Å²) in [4.78, 5) is 206. The number of aromatic nitrogens is 3. The number of likely N-dealkylation sites (N-methyl/N-ethyl adjacent to an activating group) is 3. The number of ether oxygens (including phenoxy) is 2. The van der Waals surface area contributed by atoms with Crippen LogP contribution in [0.4, 0.5) is 41.5 Å². The number of nitrogens with one attached hydrogen (secondary N) is 11. The number of pyridine rings is 3. The monoisotopic (exact) mass is 1790 g/mol. The topological polar surface area (TPSA) is 540 Å². The summed E-state index contributed by atoms with van der Waals surface area (Å²) in [5.41, 5.74) is 12.5. The number of carboxylic acid groups (broad SMARTS) is 1. The highest BCUT2D eigenvalue weighted by Gasteiger charge is 2.53. The minimum absolute atomic E-state index is 0.0198. The van der Waals surface area contributed by atoms with E-state index >= 15 is 9.18 Å². The zero-order chi connectivity index (χ0) is 92.6. The molecule has 0 bridgehead atoms. The number of sulfonamides is 1. The lowest BCUT2D eigenvalue weighted by atomic mass is 9.81. The van der Waals surface area contributed by atoms with Crippen LogP contribution in [0, 0.1) is 18.7 Å². The number of aryl methyl sites for hydroxylation is 1. The number of amides is 13. The minimum atomic E-state index is -4.20. The van der Waals surface area contributed by atoms with Gasteiger partial charge in [0.05, 0.1) is 78.2 Å². The Morgan fingerprint density at radius 1 is 0.703 bits per heavy atom. The molecule has 6 heterocycles. The van der Waals surface area contributed by atoms with Crippen molar-refractivity contribution in [3.8, 4) is 11.4 Å². The first-order chi connectivity index (χ1) is 60.9. The zero-order valence-corrected chi connectivity index (χ0v) is 73.0. The Kier molecular flexibility index (Phi) is 31.3. The summed E-state index contributed by atoms with van der Waals surface area (Å²) in [6.45, 7) is 10.6. The third kappa shape index (κ3) is 23.6. The molecular weight excluding hydrogens is 1680 g/mol. The van der Waals surface area contributed by atoms with Crippen LogP contribution in [0.25, 0.3) is 22.3 Å². The Morgan fingerprint density at radius 2 is 1.34 bits per heavy atom. The fourth-order valence-electron chi connectivity index (χ4n) is 15.9. The van der Waals surface area contributed by atoms with E-state index in [2.05, 4.69) is 62.9 Å². The molecule has 1 fully saturated rings. The first-order valence-electron chi connectivity index (χ1n) is 42.0. The van der Waals surface area contributed by atoms with E-state index in [1.165, 1.54) is 102 Å². The minimum Gasteiger partial charge on any atom is -0.481 e. The summed E-state index contributed by atoms with van der Waals surface area (Å²) in [6.07, 6.45) is 2.46. The SMILES string of the molecule is CCCNC(=O)Nc1cccc(S(=O)(=O)Nc2cccc(C(CC(=O)O)NC(=O)Nc3ccc(NC(=O)NCCN(C)CCN(C)CCN(C)CC(=O)NC(CC(N)=O)C(=O)N4CCCC4C(=O)NC(C(=O)OC4(CC)C(=O)OCc5c4cc4n(c5=O)Cc5c-4nc4cc(F)c(C)c6c4c5C(NC(=O)C(CC(N)=O)NC(=O)Cc4ccncc4)CC6)C(C)C)cc3)c2)c1. The number of benzene rings is 4. The fourth-order valence-corrected chi connectivity index (χ4v) is 17.0. The van der Waals surface area contributed by atoms with Gasteiger partial charge in [0.2, 0.25) is 47.0 Å². The van der Waals surface area contributed by atoms with Crippen molar-refractivity contribution >= 4 is 121 Å². The number of esters is 2. The van der Waals surface area contributed by atoms with Crippen LogP contribution in [-0.4, -0.2) is 229 Å². The maximum atomic E-state index is 16.0.